The number of aliphatic carboxylic acids is 1. The van der Waals surface area contributed by atoms with E-state index in [1.807, 2.05) is 24.3 Å². The molecule has 0 fully saturated rings. The number of aromatic nitrogens is 1. The van der Waals surface area contributed by atoms with E-state index < -0.39 is 18.1 Å². The highest BCUT2D eigenvalue weighted by Crippen LogP contribution is 2.39. The summed E-state index contributed by atoms with van der Waals surface area (Å²) >= 11 is 0. The number of para-hydroxylation sites is 1. The highest BCUT2D eigenvalue weighted by molar-refractivity contribution is 5.87. The maximum absolute atomic E-state index is 12.8. The van der Waals surface area contributed by atoms with Crippen molar-refractivity contribution < 1.29 is 25.4 Å². The Bertz CT molecular complexity index is 1040. The van der Waals surface area contributed by atoms with Crippen LogP contribution in [0.3, 0.4) is 0 Å². The van der Waals surface area contributed by atoms with Gasteiger partial charge in [0.2, 0.25) is 0 Å². The molecule has 3 aromatic rings. The van der Waals surface area contributed by atoms with E-state index in [1.165, 1.54) is 12.1 Å². The van der Waals surface area contributed by atoms with Crippen molar-refractivity contribution in [2.24, 2.45) is 0 Å². The van der Waals surface area contributed by atoms with Crippen LogP contribution in [0.2, 0.25) is 0 Å². The van der Waals surface area contributed by atoms with E-state index in [0.717, 1.165) is 16.5 Å². The number of nitrogens with zero attached hydrogens (tertiary/aromatic N) is 1. The Hall–Kier alpha value is -3.07. The molecule has 0 radical (unpaired) electrons. The molecule has 0 amide bonds. The molecule has 0 bridgehead atoms. The minimum Gasteiger partial charge on any atom is -0.872 e. The molecule has 4 rings (SSSR count). The predicted molar refractivity (Wildman–Crippen MR) is 95.1 cm³/mol. The van der Waals surface area contributed by atoms with Crippen LogP contribution in [-0.2, 0) is 11.2 Å². The molecule has 2 aromatic carbocycles. The van der Waals surface area contributed by atoms with Crippen LogP contribution in [0.15, 0.2) is 36.4 Å². The standard InChI is InChI=1S/C19H19N3O5/c1-9-6-10(22(26)27)7-13(18(9)23)17-16-12(8-15(21-17)19(24)25)11-4-2-3-5-14(11)20-16/h2-7,15,17,20-21,23,26-27H,8H2,1H3,(H,24,25)/p-1. The van der Waals surface area contributed by atoms with Crippen LogP contribution in [0.25, 0.3) is 10.9 Å². The third kappa shape index (κ3) is 2.80. The van der Waals surface area contributed by atoms with Crippen LogP contribution in [0.4, 0.5) is 5.69 Å². The van der Waals surface area contributed by atoms with Gasteiger partial charge < -0.3 is 15.2 Å². The molecule has 0 aliphatic carbocycles. The highest BCUT2D eigenvalue weighted by Gasteiger charge is 2.34. The molecule has 0 spiro atoms. The van der Waals surface area contributed by atoms with Crippen LogP contribution >= 0.6 is 0 Å². The van der Waals surface area contributed by atoms with Gasteiger partial charge in [-0.25, -0.2) is 0 Å². The average Bonchev–Trinajstić information content (AvgIpc) is 3.01. The first kappa shape index (κ1) is 17.3. The van der Waals surface area contributed by atoms with Gasteiger partial charge in [-0.15, -0.1) is 11.0 Å². The molecule has 2 heterocycles. The van der Waals surface area contributed by atoms with Gasteiger partial charge >= 0.3 is 5.97 Å². The third-order valence-electron chi connectivity index (χ3n) is 5.04. The number of anilines is 1. The summed E-state index contributed by atoms with van der Waals surface area (Å²) in [7, 11) is 0. The van der Waals surface area contributed by atoms with E-state index in [0.29, 0.717) is 11.3 Å². The molecule has 2 unspecified atom stereocenters. The molecule has 0 saturated carbocycles. The molecule has 140 valence electrons. The zero-order valence-electron chi connectivity index (χ0n) is 14.4. The summed E-state index contributed by atoms with van der Waals surface area (Å²) < 4.78 is 0. The maximum Gasteiger partial charge on any atom is 0.321 e. The van der Waals surface area contributed by atoms with E-state index >= 15 is 0 Å². The molecular weight excluding hydrogens is 350 g/mol. The van der Waals surface area contributed by atoms with Gasteiger partial charge in [0.25, 0.3) is 0 Å². The van der Waals surface area contributed by atoms with Crippen molar-refractivity contribution in [3.63, 3.8) is 0 Å². The Morgan fingerprint density at radius 3 is 2.70 bits per heavy atom. The lowest BCUT2D eigenvalue weighted by Gasteiger charge is -2.33. The number of hydrogen-bond acceptors (Lipinski definition) is 6. The van der Waals surface area contributed by atoms with Gasteiger partial charge in [0.05, 0.1) is 11.7 Å². The van der Waals surface area contributed by atoms with E-state index in [-0.39, 0.29) is 28.6 Å². The summed E-state index contributed by atoms with van der Waals surface area (Å²) in [6.07, 6.45) is 0.282. The summed E-state index contributed by atoms with van der Waals surface area (Å²) in [5.74, 6) is -1.30. The molecule has 8 heteroatoms. The van der Waals surface area contributed by atoms with Crippen molar-refractivity contribution in [3.05, 3.63) is 58.8 Å². The van der Waals surface area contributed by atoms with Crippen molar-refractivity contribution in [1.29, 1.82) is 0 Å². The number of carboxylic acid groups (broad SMARTS) is 1. The number of aryl methyl sites for hydroxylation is 1. The van der Waals surface area contributed by atoms with Gasteiger partial charge in [0, 0.05) is 23.0 Å². The summed E-state index contributed by atoms with van der Waals surface area (Å²) in [5.41, 5.74) is 3.01. The van der Waals surface area contributed by atoms with E-state index in [4.69, 9.17) is 0 Å². The van der Waals surface area contributed by atoms with Crippen LogP contribution < -0.4 is 15.6 Å². The van der Waals surface area contributed by atoms with Gasteiger partial charge in [-0.3, -0.25) is 20.5 Å². The smallest absolute Gasteiger partial charge is 0.321 e. The van der Waals surface area contributed by atoms with Crippen molar-refractivity contribution >= 4 is 22.6 Å². The Morgan fingerprint density at radius 2 is 2.00 bits per heavy atom. The van der Waals surface area contributed by atoms with Crippen molar-refractivity contribution in [3.8, 4) is 5.75 Å². The zero-order chi connectivity index (χ0) is 19.3. The van der Waals surface area contributed by atoms with Crippen LogP contribution in [0.1, 0.15) is 28.4 Å². The number of hydrogen-bond donors (Lipinski definition) is 5. The predicted octanol–water partition coefficient (Wildman–Crippen LogP) is 1.82. The normalized spacial score (nSPS) is 19.1. The zero-order valence-corrected chi connectivity index (χ0v) is 14.4. The molecule has 2 atom stereocenters. The first-order valence-electron chi connectivity index (χ1n) is 8.44. The second-order valence-corrected chi connectivity index (χ2v) is 6.73. The van der Waals surface area contributed by atoms with Gasteiger partial charge in [0.15, 0.2) is 0 Å². The first-order chi connectivity index (χ1) is 12.9. The van der Waals surface area contributed by atoms with Gasteiger partial charge in [-0.05, 0) is 36.2 Å². The first-order valence-corrected chi connectivity index (χ1v) is 8.44. The largest absolute Gasteiger partial charge is 0.872 e. The molecule has 27 heavy (non-hydrogen) atoms. The fraction of sp³-hybridized carbons (Fsp3) is 0.211. The molecule has 8 nitrogen and oxygen atoms in total. The van der Waals surface area contributed by atoms with Crippen LogP contribution in [0, 0.1) is 6.92 Å². The fourth-order valence-electron chi connectivity index (χ4n) is 3.75. The summed E-state index contributed by atoms with van der Waals surface area (Å²) in [6.45, 7) is 1.57. The van der Waals surface area contributed by atoms with Crippen LogP contribution in [0.5, 0.6) is 5.75 Å². The van der Waals surface area contributed by atoms with E-state index in [1.54, 1.807) is 6.92 Å². The Labute approximate surface area is 154 Å². The summed E-state index contributed by atoms with van der Waals surface area (Å²) in [5, 5.41) is 44.9. The monoisotopic (exact) mass is 368 g/mol. The maximum atomic E-state index is 12.8. The lowest BCUT2D eigenvalue weighted by molar-refractivity contribution is -0.270. The second kappa shape index (κ2) is 6.27. The molecule has 1 aromatic heterocycles. The highest BCUT2D eigenvalue weighted by atomic mass is 16.8. The van der Waals surface area contributed by atoms with E-state index in [2.05, 4.69) is 10.3 Å². The average molecular weight is 368 g/mol. The van der Waals surface area contributed by atoms with Crippen LogP contribution in [-0.4, -0.2) is 32.5 Å². The number of fused-ring (bicyclic) bond motifs is 3. The number of aromatic amines is 1. The van der Waals surface area contributed by atoms with Crippen molar-refractivity contribution in [2.75, 3.05) is 5.23 Å². The minimum atomic E-state index is -1.01. The number of rotatable bonds is 3. The summed E-state index contributed by atoms with van der Waals surface area (Å²) in [6, 6.07) is 8.68. The van der Waals surface area contributed by atoms with Crippen molar-refractivity contribution in [2.45, 2.75) is 25.4 Å². The van der Waals surface area contributed by atoms with Gasteiger partial charge in [-0.2, -0.15) is 0 Å². The van der Waals surface area contributed by atoms with Crippen molar-refractivity contribution in [1.82, 2.24) is 10.3 Å². The summed E-state index contributed by atoms with van der Waals surface area (Å²) in [4.78, 5) is 15.0. The molecule has 1 aliphatic rings. The molecule has 0 saturated heterocycles. The SMILES string of the molecule is Cc1cc(N(O)O)cc(C2NC(C(=O)O)Cc3c2[nH]c2ccccc32)c1[O-]. The van der Waals surface area contributed by atoms with Gasteiger partial charge in [-0.1, -0.05) is 23.8 Å². The lowest BCUT2D eigenvalue weighted by Crippen LogP contribution is -2.45. The third-order valence-corrected chi connectivity index (χ3v) is 5.04. The molecule has 5 N–H and O–H groups in total. The Morgan fingerprint density at radius 1 is 1.26 bits per heavy atom. The van der Waals surface area contributed by atoms with E-state index in [9.17, 15) is 25.4 Å². The quantitative estimate of drug-likeness (QED) is 0.446. The Kier molecular flexibility index (Phi) is 4.03. The number of nitrogens with one attached hydrogen (secondary N) is 2. The number of carboxylic acids is 1. The minimum absolute atomic E-state index is 0.0269. The van der Waals surface area contributed by atoms with Gasteiger partial charge in [0.1, 0.15) is 6.04 Å². The molecule has 1 aliphatic heterocycles. The number of benzene rings is 2. The lowest BCUT2D eigenvalue weighted by atomic mass is 9.89. The topological polar surface area (TPSA) is 132 Å². The molecular formula is C19H18N3O5-. The number of H-pyrrole nitrogens is 1. The number of carbonyl (C=O) groups is 1. The second-order valence-electron chi connectivity index (χ2n) is 6.73. The Balaban J connectivity index is 1.94. The fourth-order valence-corrected chi connectivity index (χ4v) is 3.75.